The van der Waals surface area contributed by atoms with Crippen LogP contribution in [0.4, 0.5) is 8.78 Å². The van der Waals surface area contributed by atoms with Crippen LogP contribution in [0.2, 0.25) is 0 Å². The highest BCUT2D eigenvalue weighted by atomic mass is 19.3. The molecule has 15 heavy (non-hydrogen) atoms. The van der Waals surface area contributed by atoms with Gasteiger partial charge in [0.2, 0.25) is 0 Å². The summed E-state index contributed by atoms with van der Waals surface area (Å²) in [4.78, 5) is 21.6. The Kier molecular flexibility index (Phi) is 3.70. The third-order valence-electron chi connectivity index (χ3n) is 2.10. The van der Waals surface area contributed by atoms with E-state index in [0.717, 1.165) is 7.11 Å². The second kappa shape index (κ2) is 4.63. The van der Waals surface area contributed by atoms with Crippen molar-refractivity contribution < 1.29 is 27.8 Å². The van der Waals surface area contributed by atoms with Crippen molar-refractivity contribution in [2.45, 2.75) is 12.2 Å². The quantitative estimate of drug-likeness (QED) is 0.399. The molecule has 1 saturated heterocycles. The highest BCUT2D eigenvalue weighted by molar-refractivity contribution is 5.88. The zero-order chi connectivity index (χ0) is 11.5. The number of hydrogen-bond acceptors (Lipinski definition) is 5. The van der Waals surface area contributed by atoms with E-state index in [2.05, 4.69) is 14.8 Å². The number of halogens is 2. The van der Waals surface area contributed by atoms with Gasteiger partial charge in [0.1, 0.15) is 18.2 Å². The van der Waals surface area contributed by atoms with Crippen molar-refractivity contribution in [3.05, 3.63) is 0 Å². The average molecular weight is 223 g/mol. The summed E-state index contributed by atoms with van der Waals surface area (Å²) in [6, 6.07) is -1.67. The van der Waals surface area contributed by atoms with Crippen LogP contribution in [0.5, 0.6) is 0 Å². The summed E-state index contributed by atoms with van der Waals surface area (Å²) < 4.78 is 34.7. The Morgan fingerprint density at radius 3 is 2.87 bits per heavy atom. The predicted molar refractivity (Wildman–Crippen MR) is 44.3 cm³/mol. The van der Waals surface area contributed by atoms with Crippen LogP contribution in [0, 0.1) is 5.92 Å². The molecule has 1 aliphatic rings. The van der Waals surface area contributed by atoms with Crippen molar-refractivity contribution >= 4 is 12.3 Å². The number of carbonyl (C=O) groups excluding carboxylic acids is 2. The van der Waals surface area contributed by atoms with Gasteiger partial charge in [-0.2, -0.15) is 8.78 Å². The molecule has 1 heterocycles. The third-order valence-corrected chi connectivity index (χ3v) is 2.10. The number of esters is 1. The van der Waals surface area contributed by atoms with E-state index >= 15 is 0 Å². The Balaban J connectivity index is 2.82. The lowest BCUT2D eigenvalue weighted by molar-refractivity contribution is -0.277. The third kappa shape index (κ3) is 2.48. The molecule has 0 bridgehead atoms. The number of rotatable bonds is 3. The fourth-order valence-electron chi connectivity index (χ4n) is 1.35. The summed E-state index contributed by atoms with van der Waals surface area (Å²) in [7, 11) is 1.03. The van der Waals surface area contributed by atoms with E-state index in [4.69, 9.17) is 0 Å². The highest BCUT2D eigenvalue weighted by Crippen LogP contribution is 2.27. The van der Waals surface area contributed by atoms with Crippen LogP contribution in [0.25, 0.3) is 0 Å². The average Bonchev–Trinajstić information content (AvgIpc) is 2.20. The molecule has 1 fully saturated rings. The molecule has 5 nitrogen and oxygen atoms in total. The number of hydrogen-bond donors (Lipinski definition) is 1. The van der Waals surface area contributed by atoms with Crippen molar-refractivity contribution in [2.24, 2.45) is 5.92 Å². The van der Waals surface area contributed by atoms with Crippen LogP contribution >= 0.6 is 0 Å². The molecule has 0 aromatic carbocycles. The first-order valence-corrected chi connectivity index (χ1v) is 4.31. The molecule has 0 spiro atoms. The van der Waals surface area contributed by atoms with Gasteiger partial charge in [-0.05, 0) is 0 Å². The van der Waals surface area contributed by atoms with Gasteiger partial charge >= 0.3 is 12.1 Å². The number of alkyl halides is 2. The molecule has 2 unspecified atom stereocenters. The molecule has 7 heteroatoms. The minimum atomic E-state index is -3.54. The van der Waals surface area contributed by atoms with Gasteiger partial charge in [0.15, 0.2) is 0 Å². The molecule has 0 saturated carbocycles. The normalized spacial score (nSPS) is 26.7. The first kappa shape index (κ1) is 12.0. The van der Waals surface area contributed by atoms with E-state index in [0.29, 0.717) is 0 Å². The lowest BCUT2D eigenvalue weighted by atomic mass is 9.99. The van der Waals surface area contributed by atoms with Gasteiger partial charge in [-0.15, -0.1) is 0 Å². The maximum absolute atomic E-state index is 13.2. The molecular weight excluding hydrogens is 212 g/mol. The molecule has 0 amide bonds. The van der Waals surface area contributed by atoms with Crippen molar-refractivity contribution in [1.29, 1.82) is 0 Å². The van der Waals surface area contributed by atoms with Crippen LogP contribution in [0.3, 0.4) is 0 Å². The monoisotopic (exact) mass is 223 g/mol. The van der Waals surface area contributed by atoms with Crippen molar-refractivity contribution in [3.8, 4) is 0 Å². The zero-order valence-electron chi connectivity index (χ0n) is 8.04. The Morgan fingerprint density at radius 2 is 2.40 bits per heavy atom. The molecule has 1 N–H and O–H groups in total. The molecular formula is C8H11F2NO4. The Hall–Kier alpha value is -1.08. The Labute approximate surface area is 84.7 Å². The van der Waals surface area contributed by atoms with Crippen molar-refractivity contribution in [2.75, 3.05) is 20.3 Å². The Morgan fingerprint density at radius 1 is 1.73 bits per heavy atom. The first-order valence-electron chi connectivity index (χ1n) is 4.31. The van der Waals surface area contributed by atoms with E-state index in [-0.39, 0.29) is 19.4 Å². The SMILES string of the molecule is COC(=O)C(C=O)C1NCCOC1(F)F. The van der Waals surface area contributed by atoms with E-state index in [9.17, 15) is 18.4 Å². The molecule has 0 radical (unpaired) electrons. The second-order valence-electron chi connectivity index (χ2n) is 3.03. The maximum Gasteiger partial charge on any atom is 0.372 e. The molecule has 0 aromatic heterocycles. The van der Waals surface area contributed by atoms with Crippen molar-refractivity contribution in [1.82, 2.24) is 5.32 Å². The number of carbonyl (C=O) groups is 2. The predicted octanol–water partition coefficient (Wildman–Crippen LogP) is -0.444. The zero-order valence-corrected chi connectivity index (χ0v) is 8.04. The molecule has 1 aliphatic heterocycles. The van der Waals surface area contributed by atoms with Crippen LogP contribution in [-0.4, -0.2) is 44.7 Å². The van der Waals surface area contributed by atoms with Gasteiger partial charge in [0.05, 0.1) is 13.7 Å². The second-order valence-corrected chi connectivity index (χ2v) is 3.03. The minimum Gasteiger partial charge on any atom is -0.468 e. The van der Waals surface area contributed by atoms with Crippen LogP contribution in [0.15, 0.2) is 0 Å². The van der Waals surface area contributed by atoms with Gasteiger partial charge in [-0.25, -0.2) is 0 Å². The van der Waals surface area contributed by atoms with Crippen LogP contribution in [-0.2, 0) is 19.1 Å². The molecule has 0 aliphatic carbocycles. The van der Waals surface area contributed by atoms with Gasteiger partial charge in [0.25, 0.3) is 0 Å². The molecule has 0 aromatic rings. The number of ether oxygens (including phenoxy) is 2. The fraction of sp³-hybridized carbons (Fsp3) is 0.750. The largest absolute Gasteiger partial charge is 0.468 e. The summed E-state index contributed by atoms with van der Waals surface area (Å²) >= 11 is 0. The van der Waals surface area contributed by atoms with E-state index in [1.807, 2.05) is 0 Å². The first-order chi connectivity index (χ1) is 7.03. The smallest absolute Gasteiger partial charge is 0.372 e. The van der Waals surface area contributed by atoms with Crippen molar-refractivity contribution in [3.63, 3.8) is 0 Å². The van der Waals surface area contributed by atoms with Gasteiger partial charge < -0.3 is 19.6 Å². The Bertz CT molecular complexity index is 259. The number of aldehydes is 1. The lowest BCUT2D eigenvalue weighted by Crippen LogP contribution is -2.58. The summed E-state index contributed by atoms with van der Waals surface area (Å²) in [6.45, 7) is -0.0160. The summed E-state index contributed by atoms with van der Waals surface area (Å²) in [5.74, 6) is -2.57. The van der Waals surface area contributed by atoms with E-state index < -0.39 is 24.0 Å². The number of nitrogens with one attached hydrogen (secondary N) is 1. The van der Waals surface area contributed by atoms with Gasteiger partial charge in [-0.1, -0.05) is 0 Å². The topological polar surface area (TPSA) is 64.6 Å². The van der Waals surface area contributed by atoms with Gasteiger partial charge in [-0.3, -0.25) is 4.79 Å². The molecule has 86 valence electrons. The standard InChI is InChI=1S/C8H11F2NO4/c1-14-7(13)5(4-12)6-8(9,10)15-3-2-11-6/h4-6,11H,2-3H2,1H3. The summed E-state index contributed by atoms with van der Waals surface area (Å²) in [5, 5.41) is 2.37. The van der Waals surface area contributed by atoms with Crippen LogP contribution < -0.4 is 5.32 Å². The fourth-order valence-corrected chi connectivity index (χ4v) is 1.35. The number of methoxy groups -OCH3 is 1. The highest BCUT2D eigenvalue weighted by Gasteiger charge is 2.50. The van der Waals surface area contributed by atoms with Crippen LogP contribution in [0.1, 0.15) is 0 Å². The molecule has 1 rings (SSSR count). The van der Waals surface area contributed by atoms with E-state index in [1.54, 1.807) is 0 Å². The summed E-state index contributed by atoms with van der Waals surface area (Å²) in [5.41, 5.74) is 0. The minimum absolute atomic E-state index is 0.131. The molecule has 2 atom stereocenters. The van der Waals surface area contributed by atoms with Gasteiger partial charge in [0, 0.05) is 6.54 Å². The summed E-state index contributed by atoms with van der Waals surface area (Å²) in [6.07, 6.45) is -3.41. The maximum atomic E-state index is 13.2. The lowest BCUT2D eigenvalue weighted by Gasteiger charge is -2.33. The number of morpholine rings is 1. The van der Waals surface area contributed by atoms with E-state index in [1.165, 1.54) is 0 Å².